The second kappa shape index (κ2) is 5.21. The van der Waals surface area contributed by atoms with Gasteiger partial charge in [-0.1, -0.05) is 6.07 Å². The summed E-state index contributed by atoms with van der Waals surface area (Å²) < 4.78 is 5.21. The minimum Gasteiger partial charge on any atom is -0.495 e. The van der Waals surface area contributed by atoms with Gasteiger partial charge in [-0.15, -0.1) is 12.4 Å². The van der Waals surface area contributed by atoms with E-state index in [2.05, 4.69) is 4.98 Å². The van der Waals surface area contributed by atoms with Gasteiger partial charge < -0.3 is 15.5 Å². The van der Waals surface area contributed by atoms with Gasteiger partial charge in [0.1, 0.15) is 5.75 Å². The Kier molecular flexibility index (Phi) is 4.15. The fourth-order valence-corrected chi connectivity index (χ4v) is 1.77. The molecule has 0 atom stereocenters. The maximum atomic E-state index is 11.7. The second-order valence-electron chi connectivity index (χ2n) is 3.70. The summed E-state index contributed by atoms with van der Waals surface area (Å²) in [5.74, 6) is 0.668. The van der Waals surface area contributed by atoms with Crippen molar-refractivity contribution in [1.29, 1.82) is 0 Å². The number of H-pyrrole nitrogens is 1. The summed E-state index contributed by atoms with van der Waals surface area (Å²) in [5.41, 5.74) is 7.76. The minimum absolute atomic E-state index is 0. The number of ether oxygens (including phenoxy) is 1. The lowest BCUT2D eigenvalue weighted by Gasteiger charge is -2.08. The van der Waals surface area contributed by atoms with Gasteiger partial charge >= 0.3 is 0 Å². The largest absolute Gasteiger partial charge is 0.495 e. The number of fused-ring (bicyclic) bond motifs is 1. The highest BCUT2D eigenvalue weighted by Gasteiger charge is 2.07. The molecule has 0 spiro atoms. The smallest absolute Gasteiger partial charge is 0.253 e. The molecule has 3 N–H and O–H groups in total. The predicted molar refractivity (Wildman–Crippen MR) is 71.0 cm³/mol. The van der Waals surface area contributed by atoms with Crippen molar-refractivity contribution in [2.24, 2.45) is 5.73 Å². The fraction of sp³-hybridized carbons (Fsp3) is 0.250. The fourth-order valence-electron chi connectivity index (χ4n) is 1.77. The Morgan fingerprint density at radius 3 is 2.71 bits per heavy atom. The second-order valence-corrected chi connectivity index (χ2v) is 3.70. The van der Waals surface area contributed by atoms with E-state index in [1.165, 1.54) is 0 Å². The molecule has 4 nitrogen and oxygen atoms in total. The number of aromatic amines is 1. The van der Waals surface area contributed by atoms with E-state index in [1.54, 1.807) is 7.11 Å². The first-order chi connectivity index (χ1) is 7.67. The Labute approximate surface area is 105 Å². The van der Waals surface area contributed by atoms with E-state index in [0.717, 1.165) is 16.5 Å². The number of hydrogen-bond donors (Lipinski definition) is 2. The van der Waals surface area contributed by atoms with Crippen LogP contribution in [-0.4, -0.2) is 12.1 Å². The molecule has 2 rings (SSSR count). The number of methoxy groups -OCH3 is 1. The highest BCUT2D eigenvalue weighted by atomic mass is 35.5. The van der Waals surface area contributed by atoms with Gasteiger partial charge in [-0.05, 0) is 24.6 Å². The lowest BCUT2D eigenvalue weighted by atomic mass is 10.1. The molecule has 92 valence electrons. The Balaban J connectivity index is 0.00000144. The third kappa shape index (κ3) is 2.28. The van der Waals surface area contributed by atoms with Gasteiger partial charge in [0.2, 0.25) is 0 Å². The molecule has 2 aromatic rings. The van der Waals surface area contributed by atoms with Crippen LogP contribution in [0.4, 0.5) is 0 Å². The van der Waals surface area contributed by atoms with Crippen LogP contribution in [0.1, 0.15) is 11.1 Å². The molecular weight excluding hydrogens is 240 g/mol. The van der Waals surface area contributed by atoms with Crippen molar-refractivity contribution in [3.63, 3.8) is 0 Å². The molecule has 1 aromatic carbocycles. The number of pyridine rings is 1. The van der Waals surface area contributed by atoms with E-state index in [1.807, 2.05) is 25.1 Å². The standard InChI is InChI=1S/C12H14N2O2.ClH/c1-7-3-4-10(16-2)11-9(7)5-8(6-13)12(15)14-11;/h3-5H,6,13H2,1-2H3,(H,14,15);1H. The molecule has 0 aliphatic rings. The van der Waals surface area contributed by atoms with Crippen LogP contribution in [0.25, 0.3) is 10.9 Å². The molecule has 0 saturated heterocycles. The Morgan fingerprint density at radius 1 is 1.41 bits per heavy atom. The molecular formula is C12H15ClN2O2. The van der Waals surface area contributed by atoms with E-state index < -0.39 is 0 Å². The molecule has 1 aromatic heterocycles. The summed E-state index contributed by atoms with van der Waals surface area (Å²) in [6, 6.07) is 5.63. The average molecular weight is 255 g/mol. The summed E-state index contributed by atoms with van der Waals surface area (Å²) in [5, 5.41) is 0.972. The van der Waals surface area contributed by atoms with Crippen molar-refractivity contribution in [2.75, 3.05) is 7.11 Å². The van der Waals surface area contributed by atoms with Crippen LogP contribution in [0, 0.1) is 6.92 Å². The minimum atomic E-state index is -0.154. The van der Waals surface area contributed by atoms with Crippen molar-refractivity contribution in [3.8, 4) is 5.75 Å². The lowest BCUT2D eigenvalue weighted by Crippen LogP contribution is -2.16. The number of aromatic nitrogens is 1. The Morgan fingerprint density at radius 2 is 2.12 bits per heavy atom. The highest BCUT2D eigenvalue weighted by molar-refractivity contribution is 5.87. The van der Waals surface area contributed by atoms with Gasteiger partial charge in [-0.25, -0.2) is 0 Å². The number of nitrogens with one attached hydrogen (secondary N) is 1. The third-order valence-electron chi connectivity index (χ3n) is 2.71. The number of aryl methyl sites for hydroxylation is 1. The number of benzene rings is 1. The zero-order valence-corrected chi connectivity index (χ0v) is 10.6. The van der Waals surface area contributed by atoms with Gasteiger partial charge in [-0.2, -0.15) is 0 Å². The number of halogens is 1. The maximum absolute atomic E-state index is 11.7. The van der Waals surface area contributed by atoms with Gasteiger partial charge in [0.05, 0.1) is 12.6 Å². The monoisotopic (exact) mass is 254 g/mol. The first kappa shape index (κ1) is 13.5. The quantitative estimate of drug-likeness (QED) is 0.858. The molecule has 5 heteroatoms. The van der Waals surface area contributed by atoms with Crippen LogP contribution in [0.3, 0.4) is 0 Å². The SMILES string of the molecule is COc1ccc(C)c2cc(CN)c(=O)[nH]c12.Cl. The molecule has 0 fully saturated rings. The molecule has 0 unspecified atom stereocenters. The van der Waals surface area contributed by atoms with E-state index in [9.17, 15) is 4.79 Å². The lowest BCUT2D eigenvalue weighted by molar-refractivity contribution is 0.418. The van der Waals surface area contributed by atoms with Crippen molar-refractivity contribution < 1.29 is 4.74 Å². The topological polar surface area (TPSA) is 68.1 Å². The summed E-state index contributed by atoms with van der Waals surface area (Å²) in [7, 11) is 1.58. The molecule has 0 saturated carbocycles. The van der Waals surface area contributed by atoms with E-state index >= 15 is 0 Å². The summed E-state index contributed by atoms with van der Waals surface area (Å²) in [6.45, 7) is 2.22. The first-order valence-corrected chi connectivity index (χ1v) is 5.07. The summed E-state index contributed by atoms with van der Waals surface area (Å²) >= 11 is 0. The Bertz CT molecular complexity index is 593. The summed E-state index contributed by atoms with van der Waals surface area (Å²) in [6.07, 6.45) is 0. The van der Waals surface area contributed by atoms with Crippen LogP contribution < -0.4 is 16.0 Å². The van der Waals surface area contributed by atoms with Crippen LogP contribution >= 0.6 is 12.4 Å². The molecule has 17 heavy (non-hydrogen) atoms. The normalized spacial score (nSPS) is 10.1. The zero-order valence-electron chi connectivity index (χ0n) is 9.74. The first-order valence-electron chi connectivity index (χ1n) is 5.07. The number of nitrogens with two attached hydrogens (primary N) is 1. The molecule has 0 bridgehead atoms. The molecule has 0 aliphatic carbocycles. The van der Waals surface area contributed by atoms with E-state index in [4.69, 9.17) is 10.5 Å². The number of rotatable bonds is 2. The zero-order chi connectivity index (χ0) is 11.7. The van der Waals surface area contributed by atoms with Crippen LogP contribution in [0.5, 0.6) is 5.75 Å². The molecule has 0 aliphatic heterocycles. The van der Waals surface area contributed by atoms with E-state index in [-0.39, 0.29) is 24.5 Å². The van der Waals surface area contributed by atoms with Gasteiger partial charge in [0, 0.05) is 17.5 Å². The van der Waals surface area contributed by atoms with Crippen molar-refractivity contribution >= 4 is 23.3 Å². The van der Waals surface area contributed by atoms with Crippen molar-refractivity contribution in [1.82, 2.24) is 4.98 Å². The van der Waals surface area contributed by atoms with Crippen LogP contribution in [0.15, 0.2) is 23.0 Å². The molecule has 1 heterocycles. The third-order valence-corrected chi connectivity index (χ3v) is 2.71. The average Bonchev–Trinajstić information content (AvgIpc) is 2.29. The van der Waals surface area contributed by atoms with Gasteiger partial charge in [-0.3, -0.25) is 4.79 Å². The van der Waals surface area contributed by atoms with E-state index in [0.29, 0.717) is 11.3 Å². The Hall–Kier alpha value is -1.52. The van der Waals surface area contributed by atoms with Crippen LogP contribution in [-0.2, 0) is 6.54 Å². The summed E-state index contributed by atoms with van der Waals surface area (Å²) in [4.78, 5) is 14.5. The number of hydrogen-bond acceptors (Lipinski definition) is 3. The van der Waals surface area contributed by atoms with Crippen molar-refractivity contribution in [3.05, 3.63) is 39.7 Å². The van der Waals surface area contributed by atoms with Crippen LogP contribution in [0.2, 0.25) is 0 Å². The van der Waals surface area contributed by atoms with Gasteiger partial charge in [0.15, 0.2) is 0 Å². The maximum Gasteiger partial charge on any atom is 0.253 e. The predicted octanol–water partition coefficient (Wildman–Crippen LogP) is 1.73. The molecule has 0 amide bonds. The van der Waals surface area contributed by atoms with Gasteiger partial charge in [0.25, 0.3) is 5.56 Å². The highest BCUT2D eigenvalue weighted by Crippen LogP contribution is 2.25. The van der Waals surface area contributed by atoms with Crippen molar-refractivity contribution in [2.45, 2.75) is 13.5 Å². The molecule has 0 radical (unpaired) electrons.